The number of hydrogen-bond donors (Lipinski definition) is 0. The Bertz CT molecular complexity index is 988. The number of ether oxygens (including phenoxy) is 1. The zero-order valence-corrected chi connectivity index (χ0v) is 18.5. The molecule has 0 radical (unpaired) electrons. The number of hydrogen-bond acceptors (Lipinski definition) is 6. The summed E-state index contributed by atoms with van der Waals surface area (Å²) < 4.78 is 7.75. The molecule has 1 aromatic carbocycles. The Kier molecular flexibility index (Phi) is 5.87. The van der Waals surface area contributed by atoms with Crippen molar-refractivity contribution in [3.05, 3.63) is 42.7 Å². The predicted octanol–water partition coefficient (Wildman–Crippen LogP) is 3.51. The van der Waals surface area contributed by atoms with Crippen molar-refractivity contribution in [2.45, 2.75) is 45.3 Å². The molecular weight excluding hydrogens is 388 g/mol. The molecule has 0 spiro atoms. The number of rotatable bonds is 5. The van der Waals surface area contributed by atoms with Crippen LogP contribution in [0.15, 0.2) is 42.7 Å². The van der Waals surface area contributed by atoms with Crippen LogP contribution in [-0.2, 0) is 4.74 Å². The monoisotopic (exact) mass is 420 g/mol. The van der Waals surface area contributed by atoms with E-state index in [9.17, 15) is 0 Å². The van der Waals surface area contributed by atoms with Gasteiger partial charge in [-0.1, -0.05) is 30.3 Å². The van der Waals surface area contributed by atoms with E-state index in [0.717, 1.165) is 49.2 Å². The Morgan fingerprint density at radius 2 is 1.77 bits per heavy atom. The number of piperidine rings is 1. The van der Waals surface area contributed by atoms with Crippen molar-refractivity contribution in [3.8, 4) is 11.3 Å². The molecule has 4 heterocycles. The van der Waals surface area contributed by atoms with E-state index in [-0.39, 0.29) is 0 Å². The summed E-state index contributed by atoms with van der Waals surface area (Å²) in [5, 5.41) is 4.44. The second-order valence-corrected chi connectivity index (χ2v) is 9.07. The molecule has 2 aliphatic heterocycles. The lowest BCUT2D eigenvalue weighted by molar-refractivity contribution is -0.0690. The first-order valence-electron chi connectivity index (χ1n) is 11.5. The number of nitrogens with zero attached hydrogens (tertiary/aromatic N) is 6. The Morgan fingerprint density at radius 1 is 1.03 bits per heavy atom. The van der Waals surface area contributed by atoms with Gasteiger partial charge in [-0.2, -0.15) is 14.6 Å². The number of anilines is 1. The van der Waals surface area contributed by atoms with Crippen LogP contribution in [0.4, 0.5) is 5.82 Å². The van der Waals surface area contributed by atoms with Gasteiger partial charge >= 0.3 is 0 Å². The van der Waals surface area contributed by atoms with Gasteiger partial charge in [0.25, 0.3) is 5.78 Å². The minimum absolute atomic E-state index is 0.348. The average molecular weight is 421 g/mol. The maximum Gasteiger partial charge on any atom is 0.254 e. The molecule has 5 rings (SSSR count). The van der Waals surface area contributed by atoms with Crippen molar-refractivity contribution in [1.82, 2.24) is 24.5 Å². The van der Waals surface area contributed by atoms with E-state index in [1.54, 1.807) is 6.33 Å². The fraction of sp³-hybridized carbons (Fsp3) is 0.542. The quantitative estimate of drug-likeness (QED) is 0.630. The summed E-state index contributed by atoms with van der Waals surface area (Å²) in [5.41, 5.74) is 2.06. The molecule has 2 fully saturated rings. The number of aromatic nitrogens is 4. The zero-order chi connectivity index (χ0) is 21.2. The summed E-state index contributed by atoms with van der Waals surface area (Å²) in [6, 6.07) is 12.5. The van der Waals surface area contributed by atoms with E-state index >= 15 is 0 Å². The van der Waals surface area contributed by atoms with E-state index in [1.807, 2.05) is 22.7 Å². The first kappa shape index (κ1) is 20.4. The van der Waals surface area contributed by atoms with Crippen molar-refractivity contribution in [1.29, 1.82) is 0 Å². The Morgan fingerprint density at radius 3 is 2.52 bits per heavy atom. The van der Waals surface area contributed by atoms with Gasteiger partial charge in [0.15, 0.2) is 0 Å². The van der Waals surface area contributed by atoms with Crippen LogP contribution in [0.3, 0.4) is 0 Å². The summed E-state index contributed by atoms with van der Waals surface area (Å²) in [6.45, 7) is 9.78. The highest BCUT2D eigenvalue weighted by atomic mass is 16.5. The van der Waals surface area contributed by atoms with Crippen LogP contribution < -0.4 is 4.90 Å². The predicted molar refractivity (Wildman–Crippen MR) is 122 cm³/mol. The normalized spacial score (nSPS) is 23.5. The van der Waals surface area contributed by atoms with Gasteiger partial charge in [-0.05, 0) is 45.6 Å². The molecule has 31 heavy (non-hydrogen) atoms. The standard InChI is InChI=1S/C24H32N6O/c1-18-15-28(16-19(2)31-18)11-8-20-9-12-29(13-10-20)23-14-22(21-6-4-3-5-7-21)27-24-25-17-26-30(23)24/h3-7,14,17-20H,8-13,15-16H2,1-2H3. The van der Waals surface area contributed by atoms with Crippen LogP contribution in [0, 0.1) is 5.92 Å². The minimum Gasteiger partial charge on any atom is -0.373 e. The number of morpholine rings is 1. The molecule has 2 aliphatic rings. The van der Waals surface area contributed by atoms with Crippen LogP contribution >= 0.6 is 0 Å². The van der Waals surface area contributed by atoms with Gasteiger partial charge in [0.1, 0.15) is 12.1 Å². The fourth-order valence-corrected chi connectivity index (χ4v) is 5.06. The third-order valence-corrected chi connectivity index (χ3v) is 6.59. The van der Waals surface area contributed by atoms with Crippen LogP contribution in [-0.4, -0.2) is 69.4 Å². The minimum atomic E-state index is 0.348. The smallest absolute Gasteiger partial charge is 0.254 e. The van der Waals surface area contributed by atoms with E-state index in [2.05, 4.69) is 51.9 Å². The number of fused-ring (bicyclic) bond motifs is 1. The van der Waals surface area contributed by atoms with Gasteiger partial charge in [-0.3, -0.25) is 4.90 Å². The zero-order valence-electron chi connectivity index (χ0n) is 18.5. The molecule has 7 heteroatoms. The first-order valence-corrected chi connectivity index (χ1v) is 11.5. The topological polar surface area (TPSA) is 58.8 Å². The summed E-state index contributed by atoms with van der Waals surface area (Å²) in [5.74, 6) is 2.54. The molecule has 2 saturated heterocycles. The number of benzene rings is 1. The van der Waals surface area contributed by atoms with Gasteiger partial charge in [0.2, 0.25) is 0 Å². The molecule has 7 nitrogen and oxygen atoms in total. The fourth-order valence-electron chi connectivity index (χ4n) is 5.06. The Labute approximate surface area is 184 Å². The Balaban J connectivity index is 1.25. The van der Waals surface area contributed by atoms with Gasteiger partial charge in [0.05, 0.1) is 17.9 Å². The molecule has 3 aromatic rings. The SMILES string of the molecule is CC1CN(CCC2CCN(c3cc(-c4ccccc4)nc4ncnn34)CC2)CC(C)O1. The van der Waals surface area contributed by atoms with Gasteiger partial charge in [0, 0.05) is 37.8 Å². The highest BCUT2D eigenvalue weighted by molar-refractivity contribution is 5.65. The van der Waals surface area contributed by atoms with Crippen LogP contribution in [0.2, 0.25) is 0 Å². The Hall–Kier alpha value is -2.51. The molecule has 0 saturated carbocycles. The maximum atomic E-state index is 5.87. The van der Waals surface area contributed by atoms with Crippen molar-refractivity contribution < 1.29 is 4.74 Å². The molecule has 164 valence electrons. The second-order valence-electron chi connectivity index (χ2n) is 9.07. The summed E-state index contributed by atoms with van der Waals surface area (Å²) in [4.78, 5) is 14.1. The molecule has 0 aliphatic carbocycles. The highest BCUT2D eigenvalue weighted by Gasteiger charge is 2.25. The lowest BCUT2D eigenvalue weighted by Crippen LogP contribution is -2.46. The lowest BCUT2D eigenvalue weighted by Gasteiger charge is -2.37. The molecule has 0 bridgehead atoms. The third-order valence-electron chi connectivity index (χ3n) is 6.59. The third kappa shape index (κ3) is 4.57. The van der Waals surface area contributed by atoms with Crippen molar-refractivity contribution >= 4 is 11.6 Å². The van der Waals surface area contributed by atoms with Gasteiger partial charge < -0.3 is 9.64 Å². The van der Waals surface area contributed by atoms with E-state index < -0.39 is 0 Å². The summed E-state index contributed by atoms with van der Waals surface area (Å²) in [7, 11) is 0. The summed E-state index contributed by atoms with van der Waals surface area (Å²) in [6.07, 6.45) is 6.00. The van der Waals surface area contributed by atoms with Crippen LogP contribution in [0.5, 0.6) is 0 Å². The van der Waals surface area contributed by atoms with Gasteiger partial charge in [-0.15, -0.1) is 0 Å². The molecule has 2 aromatic heterocycles. The van der Waals surface area contributed by atoms with E-state index in [4.69, 9.17) is 9.72 Å². The first-order chi connectivity index (χ1) is 15.2. The highest BCUT2D eigenvalue weighted by Crippen LogP contribution is 2.28. The molecular formula is C24H32N6O. The van der Waals surface area contributed by atoms with Gasteiger partial charge in [-0.25, -0.2) is 4.98 Å². The van der Waals surface area contributed by atoms with Crippen LogP contribution in [0.25, 0.3) is 17.0 Å². The molecule has 2 unspecified atom stereocenters. The van der Waals surface area contributed by atoms with Crippen molar-refractivity contribution in [2.75, 3.05) is 37.6 Å². The van der Waals surface area contributed by atoms with E-state index in [1.165, 1.54) is 25.8 Å². The largest absolute Gasteiger partial charge is 0.373 e. The van der Waals surface area contributed by atoms with Crippen molar-refractivity contribution in [3.63, 3.8) is 0 Å². The summed E-state index contributed by atoms with van der Waals surface area (Å²) >= 11 is 0. The molecule has 2 atom stereocenters. The molecule has 0 N–H and O–H groups in total. The second kappa shape index (κ2) is 8.93. The average Bonchev–Trinajstić information content (AvgIpc) is 3.26. The van der Waals surface area contributed by atoms with E-state index in [0.29, 0.717) is 18.0 Å². The maximum absolute atomic E-state index is 5.87. The lowest BCUT2D eigenvalue weighted by atomic mass is 9.93. The molecule has 0 amide bonds. The van der Waals surface area contributed by atoms with Crippen molar-refractivity contribution in [2.24, 2.45) is 5.92 Å². The van der Waals surface area contributed by atoms with Crippen LogP contribution in [0.1, 0.15) is 33.1 Å².